The van der Waals surface area contributed by atoms with E-state index in [9.17, 15) is 38.7 Å². The van der Waals surface area contributed by atoms with E-state index in [1.165, 1.54) is 37.1 Å². The maximum Gasteiger partial charge on any atom is 0.408 e. The van der Waals surface area contributed by atoms with E-state index in [0.29, 0.717) is 73.1 Å². The van der Waals surface area contributed by atoms with E-state index >= 15 is 0 Å². The van der Waals surface area contributed by atoms with Crippen molar-refractivity contribution in [2.24, 2.45) is 11.8 Å². The minimum absolute atomic E-state index is 0.00106. The molecule has 6 saturated heterocycles. The molecule has 7 aliphatic heterocycles. The van der Waals surface area contributed by atoms with Gasteiger partial charge in [-0.2, -0.15) is 15.0 Å². The molecule has 0 spiro atoms. The molecule has 9 aliphatic rings. The number of anilines is 4. The van der Waals surface area contributed by atoms with Gasteiger partial charge in [-0.1, -0.05) is 30.8 Å². The van der Waals surface area contributed by atoms with Gasteiger partial charge in [-0.25, -0.2) is 63.8 Å². The highest BCUT2D eigenvalue weighted by Gasteiger charge is 2.62. The predicted octanol–water partition coefficient (Wildman–Crippen LogP) is 10.6. The topological polar surface area (TPSA) is 544 Å². The number of aliphatic carboxylic acids is 1. The lowest BCUT2D eigenvalue weighted by atomic mass is 9.96. The number of nitrogen functional groups attached to an aromatic ring is 3. The Morgan fingerprint density at radius 2 is 1.25 bits per heavy atom. The molecule has 10 N–H and O–H groups in total. The number of thioether (sulfide) groups is 2. The molecule has 762 valence electrons. The molecule has 44 nitrogen and oxygen atoms in total. The highest BCUT2D eigenvalue weighted by molar-refractivity contribution is 8.00. The molecular formula is C94H127N23O21S3. The van der Waals surface area contributed by atoms with Crippen molar-refractivity contribution in [1.82, 2.24) is 93.2 Å². The number of benzene rings is 1. The number of hydrogen-bond donors (Lipinski definition) is 7. The molecule has 19 rings (SSSR count). The number of thiazole rings is 1. The summed E-state index contributed by atoms with van der Waals surface area (Å²) in [5.41, 5.74) is 22.2. The van der Waals surface area contributed by atoms with Crippen LogP contribution >= 0.6 is 34.9 Å². The van der Waals surface area contributed by atoms with E-state index in [4.69, 9.17) is 88.7 Å². The Kier molecular flexibility index (Phi) is 35.9. The Labute approximate surface area is 826 Å². The Morgan fingerprint density at radius 1 is 0.638 bits per heavy atom. The fraction of sp³-hybridized carbons (Fsp3) is 0.574. The summed E-state index contributed by atoms with van der Waals surface area (Å²) in [6, 6.07) is 7.05. The first-order chi connectivity index (χ1) is 67.7. The van der Waals surface area contributed by atoms with Crippen LogP contribution in [0.25, 0.3) is 44.6 Å². The summed E-state index contributed by atoms with van der Waals surface area (Å²) in [5.74, 6) is 1.13. The number of hydrogen-bond acceptors (Lipinski definition) is 38. The number of rotatable bonds is 21. The third kappa shape index (κ3) is 26.3. The zero-order chi connectivity index (χ0) is 101. The molecule has 9 aromatic heterocycles. The summed E-state index contributed by atoms with van der Waals surface area (Å²) in [5, 5.41) is 22.5. The fourth-order valence-corrected chi connectivity index (χ4v) is 20.7. The lowest BCUT2D eigenvalue weighted by Gasteiger charge is -2.30. The molecule has 10 aromatic rings. The average molecular weight is 2010 g/mol. The molecule has 2 aliphatic carbocycles. The molecule has 1 aromatic carbocycles. The smallest absolute Gasteiger partial charge is 0.408 e. The summed E-state index contributed by atoms with van der Waals surface area (Å²) in [4.78, 5) is 138. The van der Waals surface area contributed by atoms with Gasteiger partial charge in [0, 0.05) is 119 Å². The van der Waals surface area contributed by atoms with Crippen LogP contribution in [0.4, 0.5) is 27.4 Å². The zero-order valence-corrected chi connectivity index (χ0v) is 84.3. The van der Waals surface area contributed by atoms with Crippen LogP contribution in [0.1, 0.15) is 187 Å². The van der Waals surface area contributed by atoms with Gasteiger partial charge in [-0.15, -0.1) is 23.1 Å². The summed E-state index contributed by atoms with van der Waals surface area (Å²) in [6.45, 7) is 19.6. The number of aromatic nitrogens is 16. The number of nitrogens with two attached hydrogens (primary N) is 3. The van der Waals surface area contributed by atoms with Crippen molar-refractivity contribution in [3.63, 3.8) is 0 Å². The number of allylic oxidation sites excluding steroid dienone is 1. The maximum atomic E-state index is 14.6. The molecule has 0 bridgehead atoms. The number of carbonyl (C=O) groups is 4. The van der Waals surface area contributed by atoms with Gasteiger partial charge in [0.25, 0.3) is 0 Å². The van der Waals surface area contributed by atoms with Gasteiger partial charge in [0.2, 0.25) is 17.4 Å². The standard InChI is InChI=1S/C41H52N6O8S.C13H18N4O2.C12H16N4O2.C10H15N3O3S.C9H13N3O3S.C9H13N3O3/c1-23(2)42-39-44-33(22-56-39)32-19-35(29-15-14-27(53-4)17-31(29)43-32)54-28-18-34-36(48)46-41(38(50)51)20-25(41)10-6-5-9-24(3)13-16-30(37(49)47(34)21-28)45-40(52)55-26-11-7-8-12-26;1-8-12-13(16-9(2)15-8)17(7-14-12)11-5-4-10(19-11)6-18-3;1-7-11-12(15-8(2)14-7)16(6-13-11)9-4-5-10(17-3)18-9;1-6-3-13(10(14)12-9(6)11)7-4-16-8(17-7)5-15-2;1-5-3-12(8(13)11-7(5)10)6-4-15-9(14-2)16-6;1-14-8-3-2-7(15-8)12-5-4-6(10)11-9(12)13/h6,10,14-15,17,19,22-26,28,30,34H,5,7-9,11-13,16,18,20-21H2,1-4H3,(H,42,44)(H,45,52)(H,46,48)(H,50,51);7,10-11H,4-6H2,1-3H3;6,9-10H,4-5H2,1-3H3;3,7-8H,4-5H2,1-2H3,(H2,11,12,14);3,6,9H,4H2,1-2H3,(H2,10,11,13);4-5,7-8H,2-3H2,1H3,(H2,10,11,13)/b10-6-;;;;;/t24?,25-,28-,30+,34+,41-;;;;;/m1...../s1. The number of methoxy groups -OCH3 is 6. The lowest BCUT2D eigenvalue weighted by molar-refractivity contribution is -0.145. The highest BCUT2D eigenvalue weighted by Crippen LogP contribution is 2.47. The third-order valence-electron chi connectivity index (χ3n) is 25.3. The van der Waals surface area contributed by atoms with Crippen LogP contribution in [0.5, 0.6) is 11.5 Å². The number of nitrogens with one attached hydrogen (secondary N) is 3. The van der Waals surface area contributed by atoms with Gasteiger partial charge in [0.05, 0.1) is 81.4 Å². The van der Waals surface area contributed by atoms with E-state index < -0.39 is 53.3 Å². The van der Waals surface area contributed by atoms with Crippen LogP contribution in [0.15, 0.2) is 93.5 Å². The largest absolute Gasteiger partial charge is 0.497 e. The molecule has 16 atom stereocenters. The van der Waals surface area contributed by atoms with Crippen LogP contribution < -0.4 is 59.7 Å². The molecule has 0 radical (unpaired) electrons. The second kappa shape index (κ2) is 48.1. The number of carboxylic acid groups (broad SMARTS) is 1. The molecule has 3 amide bonds. The van der Waals surface area contributed by atoms with E-state index in [1.807, 2.05) is 106 Å². The van der Waals surface area contributed by atoms with Crippen molar-refractivity contribution in [3.05, 3.63) is 145 Å². The Bertz CT molecular complexity index is 6240. The molecule has 11 unspecified atom stereocenters. The van der Waals surface area contributed by atoms with E-state index in [1.54, 1.807) is 96.3 Å². The predicted molar refractivity (Wildman–Crippen MR) is 526 cm³/mol. The summed E-state index contributed by atoms with van der Waals surface area (Å²) in [6.07, 6.45) is 22.1. The van der Waals surface area contributed by atoms with Crippen LogP contribution in [-0.2, 0) is 66.5 Å². The van der Waals surface area contributed by atoms with Crippen molar-refractivity contribution < 1.29 is 85.9 Å². The zero-order valence-electron chi connectivity index (χ0n) is 81.8. The van der Waals surface area contributed by atoms with Crippen molar-refractivity contribution in [2.75, 3.05) is 98.1 Å². The number of imidazole rings is 2. The monoisotopic (exact) mass is 2010 g/mol. The number of amides is 3. The van der Waals surface area contributed by atoms with Gasteiger partial charge in [-0.05, 0) is 163 Å². The first-order valence-corrected chi connectivity index (χ1v) is 49.8. The average Bonchev–Trinajstić information content (AvgIpc) is 1.58. The normalized spacial score (nSPS) is 25.7. The van der Waals surface area contributed by atoms with Crippen molar-refractivity contribution in [2.45, 2.75) is 260 Å². The number of nitrogens with zero attached hydrogens (tertiary/aromatic N) is 17. The number of ether oxygens (including phenoxy) is 13. The van der Waals surface area contributed by atoms with Crippen LogP contribution in [-0.4, -0.2) is 253 Å². The highest BCUT2D eigenvalue weighted by atomic mass is 32.2. The van der Waals surface area contributed by atoms with E-state index in [2.05, 4.69) is 67.7 Å². The van der Waals surface area contributed by atoms with Gasteiger partial charge < -0.3 is 105 Å². The van der Waals surface area contributed by atoms with Crippen LogP contribution in [0.2, 0.25) is 0 Å². The second-order valence-corrected chi connectivity index (χ2v) is 39.5. The van der Waals surface area contributed by atoms with E-state index in [0.717, 1.165) is 139 Å². The quantitative estimate of drug-likeness (QED) is 0.0329. The minimum atomic E-state index is -1.46. The number of fused-ring (bicyclic) bond motifs is 5. The Hall–Kier alpha value is -11.5. The fourth-order valence-electron chi connectivity index (χ4n) is 17.7. The molecule has 8 fully saturated rings. The summed E-state index contributed by atoms with van der Waals surface area (Å²) < 4.78 is 79.9. The van der Waals surface area contributed by atoms with Crippen molar-refractivity contribution >= 4 is 115 Å². The molecule has 16 heterocycles. The number of alkyl carbamates (subject to hydrolysis) is 1. The van der Waals surface area contributed by atoms with E-state index in [-0.39, 0.29) is 131 Å². The van der Waals surface area contributed by atoms with Crippen molar-refractivity contribution in [3.8, 4) is 22.9 Å². The van der Waals surface area contributed by atoms with Gasteiger partial charge in [-0.3, -0.25) is 32.4 Å². The van der Waals surface area contributed by atoms with Gasteiger partial charge in [0.15, 0.2) is 29.0 Å². The van der Waals surface area contributed by atoms with Crippen molar-refractivity contribution in [1.29, 1.82) is 0 Å². The van der Waals surface area contributed by atoms with Crippen LogP contribution in [0, 0.1) is 53.4 Å². The minimum Gasteiger partial charge on any atom is -0.497 e. The number of carboxylic acids is 1. The molecule has 141 heavy (non-hydrogen) atoms. The second-order valence-electron chi connectivity index (χ2n) is 36.1. The number of pyridine rings is 1. The Balaban J connectivity index is 0.000000151. The van der Waals surface area contributed by atoms with Gasteiger partial charge in [0.1, 0.15) is 122 Å². The maximum absolute atomic E-state index is 14.6. The summed E-state index contributed by atoms with van der Waals surface area (Å²) in [7, 11) is 9.71. The summed E-state index contributed by atoms with van der Waals surface area (Å²) >= 11 is 4.45. The third-order valence-corrected chi connectivity index (χ3v) is 28.5. The number of carbonyl (C=O) groups excluding carboxylic acids is 3. The van der Waals surface area contributed by atoms with Crippen LogP contribution in [0.3, 0.4) is 0 Å². The SMILES string of the molecule is COC1CCC(n2ccc(N)nc2=O)O1.COC1CCC(n2cnc3c(C)nc(C)nc32)O1.COC1OCC(n2cc(C)c(N)nc2=O)S1.COCC1CCC(n2cnc3c(C)nc(C)nc32)O1.COCC1OCC(n2cc(C)c(N)nc2=O)S1.COc1ccc2c(O[C@@H]3C[C@H]4C(=O)N[C@]5(C(=O)O)C[C@H]5/C=C\CCC(C)CC[C@H](NC(=O)OC5CCCC5)C(=O)N4C3)cc(-c3csc(NC(C)C)n3)nc2c1. The molecule has 2 saturated carbocycles. The molecular weight excluding hydrogens is 1880 g/mol. The Morgan fingerprint density at radius 3 is 1.84 bits per heavy atom. The first kappa shape index (κ1) is 105. The molecule has 47 heteroatoms. The van der Waals surface area contributed by atoms with Gasteiger partial charge >= 0.3 is 29.1 Å². The lowest BCUT2D eigenvalue weighted by Crippen LogP contribution is -2.56. The first-order valence-electron chi connectivity index (χ1n) is 47.1. The number of aryl methyl sites for hydroxylation is 6.